The molecule has 0 saturated carbocycles. The van der Waals surface area contributed by atoms with Crippen LogP contribution in [-0.2, 0) is 22.4 Å². The van der Waals surface area contributed by atoms with Crippen molar-refractivity contribution in [1.29, 1.82) is 0 Å². The van der Waals surface area contributed by atoms with Gasteiger partial charge in [0.2, 0.25) is 5.91 Å². The van der Waals surface area contributed by atoms with Gasteiger partial charge in [-0.05, 0) is 52.0 Å². The lowest BCUT2D eigenvalue weighted by Crippen LogP contribution is -2.14. The van der Waals surface area contributed by atoms with Crippen LogP contribution in [0.4, 0.5) is 5.13 Å². The highest BCUT2D eigenvalue weighted by Crippen LogP contribution is 2.38. The summed E-state index contributed by atoms with van der Waals surface area (Å²) in [6.07, 6.45) is 4.56. The normalized spacial score (nSPS) is 13.4. The fourth-order valence-corrected chi connectivity index (χ4v) is 6.95. The van der Waals surface area contributed by atoms with Crippen LogP contribution < -0.4 is 5.32 Å². The smallest absolute Gasteiger partial charge is 0.350 e. The van der Waals surface area contributed by atoms with Crippen LogP contribution in [-0.4, -0.2) is 48.8 Å². The molecule has 0 spiro atoms. The third-order valence-corrected chi connectivity index (χ3v) is 8.60. The van der Waals surface area contributed by atoms with Gasteiger partial charge in [0.1, 0.15) is 15.5 Å². The van der Waals surface area contributed by atoms with E-state index in [1.165, 1.54) is 35.0 Å². The Morgan fingerprint density at radius 2 is 1.97 bits per heavy atom. The summed E-state index contributed by atoms with van der Waals surface area (Å²) in [5.41, 5.74) is 2.71. The van der Waals surface area contributed by atoms with E-state index in [9.17, 15) is 9.59 Å². The van der Waals surface area contributed by atoms with Crippen LogP contribution in [0.15, 0.2) is 5.16 Å². The highest BCUT2D eigenvalue weighted by Gasteiger charge is 2.23. The van der Waals surface area contributed by atoms with Crippen molar-refractivity contribution in [1.82, 2.24) is 24.6 Å². The van der Waals surface area contributed by atoms with Crippen molar-refractivity contribution in [3.63, 3.8) is 0 Å². The number of esters is 1. The van der Waals surface area contributed by atoms with Crippen molar-refractivity contribution < 1.29 is 14.3 Å². The number of fused-ring (bicyclic) bond motifs is 5. The predicted molar refractivity (Wildman–Crippen MR) is 130 cm³/mol. The number of anilines is 1. The maximum absolute atomic E-state index is 12.6. The number of rotatable bonds is 6. The van der Waals surface area contributed by atoms with Crippen molar-refractivity contribution >= 4 is 67.3 Å². The number of nitrogens with one attached hydrogen (secondary N) is 1. The monoisotopic (exact) mass is 502 g/mol. The minimum absolute atomic E-state index is 0.132. The molecule has 1 aliphatic carbocycles. The number of carbonyl (C=O) groups is 2. The Bertz CT molecular complexity index is 1390. The first-order valence-corrected chi connectivity index (χ1v) is 13.3. The third kappa shape index (κ3) is 4.11. The second-order valence-corrected chi connectivity index (χ2v) is 10.7. The first kappa shape index (κ1) is 22.2. The average molecular weight is 503 g/mol. The number of hydrogen-bond donors (Lipinski definition) is 1. The standard InChI is InChI=1S/C21H22N6O3S3/c1-4-30-19(29)16-10(2)22-20(33-16)24-14(28)9-31-21-26-25-17-15-12-7-5-6-8-13(12)32-18(15)23-11(3)27(17)21/h4-9H2,1-3H3,(H,22,24,28). The molecule has 4 heterocycles. The summed E-state index contributed by atoms with van der Waals surface area (Å²) in [6.45, 7) is 5.69. The Balaban J connectivity index is 1.34. The maximum atomic E-state index is 12.6. The second-order valence-electron chi connectivity index (χ2n) is 7.68. The highest BCUT2D eigenvalue weighted by atomic mass is 32.2. The van der Waals surface area contributed by atoms with Crippen molar-refractivity contribution in [2.75, 3.05) is 17.7 Å². The zero-order chi connectivity index (χ0) is 23.1. The molecule has 0 bridgehead atoms. The fraction of sp³-hybridized carbons (Fsp3) is 0.429. The summed E-state index contributed by atoms with van der Waals surface area (Å²) >= 11 is 4.17. The van der Waals surface area contributed by atoms with E-state index in [4.69, 9.17) is 9.72 Å². The van der Waals surface area contributed by atoms with Gasteiger partial charge in [0.15, 0.2) is 15.9 Å². The van der Waals surface area contributed by atoms with Gasteiger partial charge in [-0.3, -0.25) is 9.20 Å². The molecule has 4 aromatic rings. The van der Waals surface area contributed by atoms with E-state index < -0.39 is 5.97 Å². The molecular weight excluding hydrogens is 480 g/mol. The van der Waals surface area contributed by atoms with Gasteiger partial charge in [0.25, 0.3) is 0 Å². The molecule has 0 aliphatic heterocycles. The van der Waals surface area contributed by atoms with Crippen molar-refractivity contribution in [2.24, 2.45) is 0 Å². The fourth-order valence-electron chi connectivity index (χ4n) is 4.00. The Hall–Kier alpha value is -2.57. The zero-order valence-electron chi connectivity index (χ0n) is 18.4. The molecule has 4 aromatic heterocycles. The minimum Gasteiger partial charge on any atom is -0.462 e. The van der Waals surface area contributed by atoms with Crippen LogP contribution in [0.5, 0.6) is 0 Å². The largest absolute Gasteiger partial charge is 0.462 e. The van der Waals surface area contributed by atoms with Gasteiger partial charge < -0.3 is 10.1 Å². The van der Waals surface area contributed by atoms with Crippen molar-refractivity contribution in [2.45, 2.75) is 51.6 Å². The number of ether oxygens (including phenoxy) is 1. The summed E-state index contributed by atoms with van der Waals surface area (Å²) < 4.78 is 6.97. The molecule has 12 heteroatoms. The van der Waals surface area contributed by atoms with E-state index in [-0.39, 0.29) is 18.3 Å². The van der Waals surface area contributed by atoms with Gasteiger partial charge in [-0.2, -0.15) is 0 Å². The first-order valence-electron chi connectivity index (χ1n) is 10.7. The van der Waals surface area contributed by atoms with Gasteiger partial charge in [0.05, 0.1) is 23.4 Å². The van der Waals surface area contributed by atoms with Gasteiger partial charge in [-0.1, -0.05) is 23.1 Å². The highest BCUT2D eigenvalue weighted by molar-refractivity contribution is 7.99. The number of thiophene rings is 1. The number of carbonyl (C=O) groups excluding carboxylic acids is 2. The number of aryl methyl sites for hydroxylation is 4. The van der Waals surface area contributed by atoms with Crippen LogP contribution in [0.2, 0.25) is 0 Å². The SMILES string of the molecule is CCOC(=O)c1sc(NC(=O)CSc2nnc3c4c5c(sc4nc(C)n23)CCCC5)nc1C. The summed E-state index contributed by atoms with van der Waals surface area (Å²) in [4.78, 5) is 36.4. The van der Waals surface area contributed by atoms with E-state index in [2.05, 4.69) is 20.5 Å². The van der Waals surface area contributed by atoms with Crippen LogP contribution in [0.1, 0.15) is 51.4 Å². The number of aromatic nitrogens is 5. The lowest BCUT2D eigenvalue weighted by Gasteiger charge is -2.10. The van der Waals surface area contributed by atoms with Crippen LogP contribution >= 0.6 is 34.4 Å². The lowest BCUT2D eigenvalue weighted by atomic mass is 9.97. The van der Waals surface area contributed by atoms with Gasteiger partial charge in [0, 0.05) is 4.88 Å². The van der Waals surface area contributed by atoms with Gasteiger partial charge >= 0.3 is 5.97 Å². The van der Waals surface area contributed by atoms with Crippen molar-refractivity contribution in [3.05, 3.63) is 26.8 Å². The molecule has 0 unspecified atom stereocenters. The molecule has 0 atom stereocenters. The van der Waals surface area contributed by atoms with Crippen LogP contribution in [0.25, 0.3) is 15.9 Å². The molecule has 172 valence electrons. The molecule has 0 aromatic carbocycles. The van der Waals surface area contributed by atoms with Crippen molar-refractivity contribution in [3.8, 4) is 0 Å². The molecule has 9 nitrogen and oxygen atoms in total. The molecular formula is C21H22N6O3S3. The quantitative estimate of drug-likeness (QED) is 0.308. The Kier molecular flexibility index (Phi) is 6.06. The third-order valence-electron chi connectivity index (χ3n) is 5.43. The lowest BCUT2D eigenvalue weighted by molar-refractivity contribution is -0.113. The van der Waals surface area contributed by atoms with E-state index in [1.54, 1.807) is 25.2 Å². The van der Waals surface area contributed by atoms with E-state index in [1.807, 2.05) is 11.3 Å². The minimum atomic E-state index is -0.429. The summed E-state index contributed by atoms with van der Waals surface area (Å²) in [5, 5.41) is 13.7. The molecule has 1 aliphatic rings. The number of nitrogens with zero attached hydrogens (tertiary/aromatic N) is 5. The topological polar surface area (TPSA) is 111 Å². The van der Waals surface area contributed by atoms with Gasteiger partial charge in [-0.25, -0.2) is 14.8 Å². The molecule has 0 fully saturated rings. The van der Waals surface area contributed by atoms with E-state index in [0.717, 1.165) is 45.9 Å². The van der Waals surface area contributed by atoms with Crippen LogP contribution in [0.3, 0.4) is 0 Å². The Labute approximate surface area is 202 Å². The first-order chi connectivity index (χ1) is 16.0. The number of thiazole rings is 1. The average Bonchev–Trinajstić information content (AvgIpc) is 3.47. The molecule has 33 heavy (non-hydrogen) atoms. The molecule has 0 radical (unpaired) electrons. The molecule has 1 N–H and O–H groups in total. The number of thioether (sulfide) groups is 1. The maximum Gasteiger partial charge on any atom is 0.350 e. The van der Waals surface area contributed by atoms with Gasteiger partial charge in [-0.15, -0.1) is 21.5 Å². The number of hydrogen-bond acceptors (Lipinski definition) is 10. The molecule has 1 amide bonds. The Morgan fingerprint density at radius 1 is 1.15 bits per heavy atom. The predicted octanol–water partition coefficient (Wildman–Crippen LogP) is 4.20. The Morgan fingerprint density at radius 3 is 2.79 bits per heavy atom. The van der Waals surface area contributed by atoms with E-state index in [0.29, 0.717) is 20.9 Å². The number of amides is 1. The summed E-state index contributed by atoms with van der Waals surface area (Å²) in [5.74, 6) is 0.272. The zero-order valence-corrected chi connectivity index (χ0v) is 20.9. The molecule has 5 rings (SSSR count). The molecule has 0 saturated heterocycles. The summed E-state index contributed by atoms with van der Waals surface area (Å²) in [6, 6.07) is 0. The van der Waals surface area contributed by atoms with E-state index >= 15 is 0 Å². The second kappa shape index (κ2) is 8.99. The summed E-state index contributed by atoms with van der Waals surface area (Å²) in [7, 11) is 0. The van der Waals surface area contributed by atoms with Crippen LogP contribution in [0, 0.1) is 13.8 Å².